The van der Waals surface area contributed by atoms with Gasteiger partial charge in [-0.25, -0.2) is 8.42 Å². The highest BCUT2D eigenvalue weighted by Gasteiger charge is 2.33. The fourth-order valence-corrected chi connectivity index (χ4v) is 5.09. The van der Waals surface area contributed by atoms with Gasteiger partial charge in [0.1, 0.15) is 0 Å². The molecule has 110 valence electrons. The van der Waals surface area contributed by atoms with E-state index in [9.17, 15) is 8.42 Å². The second kappa shape index (κ2) is 5.37. The summed E-state index contributed by atoms with van der Waals surface area (Å²) in [5, 5.41) is 3.51. The number of nitrogens with one attached hydrogen (secondary N) is 1. The molecule has 0 radical (unpaired) electrons. The smallest absolute Gasteiger partial charge is 0.151 e. The van der Waals surface area contributed by atoms with Crippen molar-refractivity contribution in [3.8, 4) is 0 Å². The molecule has 2 aliphatic heterocycles. The molecule has 2 atom stereocenters. The van der Waals surface area contributed by atoms with Crippen LogP contribution >= 0.6 is 0 Å². The Bertz CT molecular complexity index is 558. The van der Waals surface area contributed by atoms with Gasteiger partial charge in [-0.05, 0) is 37.9 Å². The number of likely N-dealkylation sites (N-methyl/N-ethyl adjacent to an activating group) is 1. The van der Waals surface area contributed by atoms with Crippen molar-refractivity contribution in [1.82, 2.24) is 4.90 Å². The van der Waals surface area contributed by atoms with Crippen LogP contribution in [0, 0.1) is 0 Å². The first-order chi connectivity index (χ1) is 9.55. The van der Waals surface area contributed by atoms with Crippen LogP contribution in [-0.2, 0) is 16.3 Å². The third kappa shape index (κ3) is 2.83. The van der Waals surface area contributed by atoms with Gasteiger partial charge in [0.05, 0.1) is 11.5 Å². The summed E-state index contributed by atoms with van der Waals surface area (Å²) < 4.78 is 23.3. The summed E-state index contributed by atoms with van der Waals surface area (Å²) in [6.07, 6.45) is 2.91. The molecule has 0 aromatic heterocycles. The molecule has 4 nitrogen and oxygen atoms in total. The molecule has 5 heteroatoms. The predicted octanol–water partition coefficient (Wildman–Crippen LogP) is 1.53. The topological polar surface area (TPSA) is 49.4 Å². The lowest BCUT2D eigenvalue weighted by molar-refractivity contribution is 0.187. The molecule has 2 aliphatic rings. The number of hydrogen-bond donors (Lipinski definition) is 1. The highest BCUT2D eigenvalue weighted by Crippen LogP contribution is 2.25. The first kappa shape index (κ1) is 13.9. The van der Waals surface area contributed by atoms with Crippen molar-refractivity contribution in [2.75, 3.05) is 30.4 Å². The van der Waals surface area contributed by atoms with E-state index in [-0.39, 0.29) is 6.04 Å². The summed E-state index contributed by atoms with van der Waals surface area (Å²) in [5.74, 6) is 0.676. The maximum absolute atomic E-state index is 11.6. The lowest BCUT2D eigenvalue weighted by Gasteiger charge is -2.31. The fraction of sp³-hybridized carbons (Fsp3) is 0.600. The van der Waals surface area contributed by atoms with Gasteiger partial charge in [-0.3, -0.25) is 4.90 Å². The lowest BCUT2D eigenvalue weighted by atomic mass is 10.0. The molecule has 3 rings (SSSR count). The van der Waals surface area contributed by atoms with Crippen LogP contribution in [0.4, 0.5) is 5.69 Å². The number of benzene rings is 1. The molecular weight excluding hydrogens is 272 g/mol. The second-order valence-corrected chi connectivity index (χ2v) is 8.18. The molecule has 2 heterocycles. The molecule has 0 amide bonds. The summed E-state index contributed by atoms with van der Waals surface area (Å²) in [5.41, 5.74) is 2.59. The highest BCUT2D eigenvalue weighted by atomic mass is 32.2. The van der Waals surface area contributed by atoms with Crippen LogP contribution in [0.15, 0.2) is 24.3 Å². The number of fused-ring (bicyclic) bond motifs is 1. The number of hydrogen-bond acceptors (Lipinski definition) is 4. The minimum absolute atomic E-state index is 0.188. The van der Waals surface area contributed by atoms with E-state index in [1.165, 1.54) is 11.3 Å². The van der Waals surface area contributed by atoms with Crippen molar-refractivity contribution in [3.63, 3.8) is 0 Å². The average molecular weight is 294 g/mol. The Labute approximate surface area is 121 Å². The van der Waals surface area contributed by atoms with E-state index in [1.807, 2.05) is 0 Å². The Kier molecular flexibility index (Phi) is 3.73. The van der Waals surface area contributed by atoms with Gasteiger partial charge in [-0.2, -0.15) is 0 Å². The molecule has 1 aromatic rings. The van der Waals surface area contributed by atoms with Gasteiger partial charge in [0, 0.05) is 24.3 Å². The third-order valence-electron chi connectivity index (χ3n) is 4.65. The van der Waals surface area contributed by atoms with Crippen LogP contribution < -0.4 is 5.32 Å². The van der Waals surface area contributed by atoms with Crippen LogP contribution in [0.5, 0.6) is 0 Å². The Morgan fingerprint density at radius 2 is 2.00 bits per heavy atom. The van der Waals surface area contributed by atoms with Crippen LogP contribution in [0.25, 0.3) is 0 Å². The van der Waals surface area contributed by atoms with E-state index in [0.29, 0.717) is 17.5 Å². The molecule has 0 saturated carbocycles. The van der Waals surface area contributed by atoms with E-state index in [1.54, 1.807) is 0 Å². The summed E-state index contributed by atoms with van der Waals surface area (Å²) in [7, 11) is -0.727. The minimum Gasteiger partial charge on any atom is -0.383 e. The number of nitrogens with zero attached hydrogens (tertiary/aromatic N) is 1. The molecule has 1 saturated heterocycles. The zero-order valence-corrected chi connectivity index (χ0v) is 12.7. The standard InChI is InChI=1S/C15H22N2O2S/c1-17(14-8-9-20(18,19)11-14)13-7-6-12-4-2-3-5-15(12)16-10-13/h2-5,13-14,16H,6-11H2,1H3. The zero-order chi connectivity index (χ0) is 14.2. The number of anilines is 1. The van der Waals surface area contributed by atoms with Crippen LogP contribution in [-0.4, -0.2) is 50.5 Å². The SMILES string of the molecule is CN(C1CCc2ccccc2NC1)C1CCS(=O)(=O)C1. The monoisotopic (exact) mass is 294 g/mol. The van der Waals surface area contributed by atoms with Gasteiger partial charge in [-0.15, -0.1) is 0 Å². The third-order valence-corrected chi connectivity index (χ3v) is 6.40. The first-order valence-electron chi connectivity index (χ1n) is 7.29. The second-order valence-electron chi connectivity index (χ2n) is 5.95. The quantitative estimate of drug-likeness (QED) is 0.899. The van der Waals surface area contributed by atoms with Crippen LogP contribution in [0.3, 0.4) is 0 Å². The molecule has 0 aliphatic carbocycles. The summed E-state index contributed by atoms with van der Waals surface area (Å²) in [4.78, 5) is 2.28. The van der Waals surface area contributed by atoms with Crippen molar-refractivity contribution in [1.29, 1.82) is 0 Å². The van der Waals surface area contributed by atoms with Gasteiger partial charge >= 0.3 is 0 Å². The van der Waals surface area contributed by atoms with Crippen molar-refractivity contribution in [2.24, 2.45) is 0 Å². The maximum atomic E-state index is 11.6. The van der Waals surface area contributed by atoms with E-state index in [2.05, 4.69) is 41.5 Å². The summed E-state index contributed by atoms with van der Waals surface area (Å²) >= 11 is 0. The number of aryl methyl sites for hydroxylation is 1. The molecular formula is C15H22N2O2S. The summed E-state index contributed by atoms with van der Waals surface area (Å²) in [6, 6.07) is 9.02. The molecule has 20 heavy (non-hydrogen) atoms. The van der Waals surface area contributed by atoms with Crippen molar-refractivity contribution in [3.05, 3.63) is 29.8 Å². The Hall–Kier alpha value is -1.07. The zero-order valence-electron chi connectivity index (χ0n) is 11.9. The van der Waals surface area contributed by atoms with Crippen molar-refractivity contribution < 1.29 is 8.42 Å². The Morgan fingerprint density at radius 3 is 2.75 bits per heavy atom. The van der Waals surface area contributed by atoms with Crippen molar-refractivity contribution >= 4 is 15.5 Å². The van der Waals surface area contributed by atoms with E-state index in [4.69, 9.17) is 0 Å². The summed E-state index contributed by atoms with van der Waals surface area (Å²) in [6.45, 7) is 0.893. The lowest BCUT2D eigenvalue weighted by Crippen LogP contribution is -2.44. The molecule has 1 N–H and O–H groups in total. The van der Waals surface area contributed by atoms with Crippen molar-refractivity contribution in [2.45, 2.75) is 31.3 Å². The van der Waals surface area contributed by atoms with Crippen LogP contribution in [0.2, 0.25) is 0 Å². The van der Waals surface area contributed by atoms with E-state index in [0.717, 1.165) is 25.8 Å². The average Bonchev–Trinajstić information content (AvgIpc) is 2.67. The normalized spacial score (nSPS) is 28.7. The molecule has 1 aromatic carbocycles. The Balaban J connectivity index is 1.68. The van der Waals surface area contributed by atoms with Gasteiger partial charge in [0.15, 0.2) is 9.84 Å². The van der Waals surface area contributed by atoms with Crippen LogP contribution in [0.1, 0.15) is 18.4 Å². The van der Waals surface area contributed by atoms with Gasteiger partial charge < -0.3 is 5.32 Å². The maximum Gasteiger partial charge on any atom is 0.151 e. The van der Waals surface area contributed by atoms with Gasteiger partial charge in [0.25, 0.3) is 0 Å². The minimum atomic E-state index is -2.80. The first-order valence-corrected chi connectivity index (χ1v) is 9.11. The molecule has 2 unspecified atom stereocenters. The fourth-order valence-electron chi connectivity index (χ4n) is 3.31. The van der Waals surface area contributed by atoms with E-state index >= 15 is 0 Å². The number of sulfone groups is 1. The van der Waals surface area contributed by atoms with Gasteiger partial charge in [0.2, 0.25) is 0 Å². The highest BCUT2D eigenvalue weighted by molar-refractivity contribution is 7.91. The predicted molar refractivity (Wildman–Crippen MR) is 81.9 cm³/mol. The van der Waals surface area contributed by atoms with Gasteiger partial charge in [-0.1, -0.05) is 18.2 Å². The molecule has 0 bridgehead atoms. The molecule has 0 spiro atoms. The molecule has 1 fully saturated rings. The number of para-hydroxylation sites is 1. The largest absolute Gasteiger partial charge is 0.383 e. The number of rotatable bonds is 2. The van der Waals surface area contributed by atoms with E-state index < -0.39 is 9.84 Å². The Morgan fingerprint density at radius 1 is 1.20 bits per heavy atom.